The third-order valence-corrected chi connectivity index (χ3v) is 3.05. The number of carbonyl (C=O) groups is 2. The van der Waals surface area contributed by atoms with Gasteiger partial charge in [-0.3, -0.25) is 4.79 Å². The first kappa shape index (κ1) is 16.2. The molecule has 0 aromatic heterocycles. The molecular weight excluding hydrogens is 299 g/mol. The molecule has 0 fully saturated rings. The van der Waals surface area contributed by atoms with E-state index in [9.17, 15) is 14.0 Å². The summed E-state index contributed by atoms with van der Waals surface area (Å²) in [4.78, 5) is 23.9. The summed E-state index contributed by atoms with van der Waals surface area (Å²) < 4.78 is 18.5. The van der Waals surface area contributed by atoms with Crippen LogP contribution in [0.2, 0.25) is 0 Å². The van der Waals surface area contributed by atoms with Gasteiger partial charge in [0.2, 0.25) is 0 Å². The molecule has 0 radical (unpaired) electrons. The van der Waals surface area contributed by atoms with Crippen molar-refractivity contribution >= 4 is 17.6 Å². The number of esters is 1. The Morgan fingerprint density at radius 3 is 2.52 bits per heavy atom. The number of rotatable bonds is 4. The number of amides is 1. The number of anilines is 1. The summed E-state index contributed by atoms with van der Waals surface area (Å²) in [6.07, 6.45) is -1.14. The van der Waals surface area contributed by atoms with Crippen LogP contribution in [0.15, 0.2) is 48.5 Å². The van der Waals surface area contributed by atoms with E-state index in [4.69, 9.17) is 10.00 Å². The Bertz CT molecular complexity index is 783. The predicted octanol–water partition coefficient (Wildman–Crippen LogP) is 2.88. The SMILES string of the molecule is CC(OC(=O)c1ccccc1F)C(=O)Nc1ccccc1C#N. The molecule has 2 rings (SSSR count). The number of benzene rings is 2. The maximum atomic E-state index is 13.5. The van der Waals surface area contributed by atoms with Crippen LogP contribution in [0.1, 0.15) is 22.8 Å². The van der Waals surface area contributed by atoms with Crippen molar-refractivity contribution in [3.63, 3.8) is 0 Å². The number of carbonyl (C=O) groups excluding carboxylic acids is 2. The molecule has 0 saturated carbocycles. The number of nitrogens with zero attached hydrogens (tertiary/aromatic N) is 1. The highest BCUT2D eigenvalue weighted by molar-refractivity contribution is 5.98. The van der Waals surface area contributed by atoms with Crippen LogP contribution in [0, 0.1) is 17.1 Å². The molecule has 0 saturated heterocycles. The lowest BCUT2D eigenvalue weighted by molar-refractivity contribution is -0.123. The van der Waals surface area contributed by atoms with Gasteiger partial charge in [0.25, 0.3) is 5.91 Å². The summed E-state index contributed by atoms with van der Waals surface area (Å²) >= 11 is 0. The van der Waals surface area contributed by atoms with E-state index in [-0.39, 0.29) is 11.1 Å². The number of halogens is 1. The van der Waals surface area contributed by atoms with Gasteiger partial charge < -0.3 is 10.1 Å². The molecule has 0 aliphatic carbocycles. The standard InChI is InChI=1S/C17H13FN2O3/c1-11(23-17(22)13-7-3-4-8-14(13)18)16(21)20-15-9-5-2-6-12(15)10-19/h2-9,11H,1H3,(H,20,21). The van der Waals surface area contributed by atoms with Crippen molar-refractivity contribution in [2.75, 3.05) is 5.32 Å². The Labute approximate surface area is 132 Å². The molecule has 116 valence electrons. The van der Waals surface area contributed by atoms with E-state index in [0.717, 1.165) is 6.07 Å². The van der Waals surface area contributed by atoms with Crippen LogP contribution < -0.4 is 5.32 Å². The predicted molar refractivity (Wildman–Crippen MR) is 81.1 cm³/mol. The largest absolute Gasteiger partial charge is 0.449 e. The smallest absolute Gasteiger partial charge is 0.341 e. The van der Waals surface area contributed by atoms with Gasteiger partial charge in [-0.25, -0.2) is 9.18 Å². The van der Waals surface area contributed by atoms with E-state index < -0.39 is 23.8 Å². The number of ether oxygens (including phenoxy) is 1. The van der Waals surface area contributed by atoms with Crippen molar-refractivity contribution in [1.29, 1.82) is 5.26 Å². The quantitative estimate of drug-likeness (QED) is 0.880. The maximum Gasteiger partial charge on any atom is 0.341 e. The zero-order valence-corrected chi connectivity index (χ0v) is 12.2. The molecule has 0 bridgehead atoms. The molecule has 1 unspecified atom stereocenters. The Balaban J connectivity index is 2.05. The molecule has 0 heterocycles. The summed E-state index contributed by atoms with van der Waals surface area (Å²) in [6.45, 7) is 1.36. The molecule has 2 aromatic rings. The van der Waals surface area contributed by atoms with E-state index in [0.29, 0.717) is 5.69 Å². The fraction of sp³-hybridized carbons (Fsp3) is 0.118. The first-order chi connectivity index (χ1) is 11.0. The summed E-state index contributed by atoms with van der Waals surface area (Å²) in [5.74, 6) is -2.27. The molecule has 5 nitrogen and oxygen atoms in total. The second kappa shape index (κ2) is 7.18. The summed E-state index contributed by atoms with van der Waals surface area (Å²) in [5.41, 5.74) is 0.354. The van der Waals surface area contributed by atoms with Crippen molar-refractivity contribution in [3.05, 3.63) is 65.5 Å². The fourth-order valence-corrected chi connectivity index (χ4v) is 1.83. The highest BCUT2D eigenvalue weighted by atomic mass is 19.1. The van der Waals surface area contributed by atoms with Crippen molar-refractivity contribution < 1.29 is 18.7 Å². The second-order valence-electron chi connectivity index (χ2n) is 4.67. The number of nitrogens with one attached hydrogen (secondary N) is 1. The van der Waals surface area contributed by atoms with Gasteiger partial charge in [-0.15, -0.1) is 0 Å². The molecule has 1 amide bonds. The third kappa shape index (κ3) is 3.92. The van der Waals surface area contributed by atoms with Gasteiger partial charge in [0.1, 0.15) is 11.9 Å². The molecule has 0 aliphatic heterocycles. The molecule has 6 heteroatoms. The zero-order valence-electron chi connectivity index (χ0n) is 12.2. The first-order valence-corrected chi connectivity index (χ1v) is 6.78. The topological polar surface area (TPSA) is 79.2 Å². The lowest BCUT2D eigenvalue weighted by Gasteiger charge is -2.14. The molecule has 0 aliphatic rings. The van der Waals surface area contributed by atoms with Crippen LogP contribution in [0.25, 0.3) is 0 Å². The minimum atomic E-state index is -1.14. The second-order valence-corrected chi connectivity index (χ2v) is 4.67. The Morgan fingerprint density at radius 2 is 1.83 bits per heavy atom. The average molecular weight is 312 g/mol. The van der Waals surface area contributed by atoms with Crippen LogP contribution in [0.4, 0.5) is 10.1 Å². The molecule has 0 spiro atoms. The highest BCUT2D eigenvalue weighted by Crippen LogP contribution is 2.15. The van der Waals surface area contributed by atoms with Gasteiger partial charge in [0.15, 0.2) is 6.10 Å². The summed E-state index contributed by atoms with van der Waals surface area (Å²) in [6, 6.07) is 13.7. The van der Waals surface area contributed by atoms with E-state index in [1.807, 2.05) is 6.07 Å². The van der Waals surface area contributed by atoms with Crippen molar-refractivity contribution in [1.82, 2.24) is 0 Å². The number of hydrogen-bond acceptors (Lipinski definition) is 4. The van der Waals surface area contributed by atoms with Gasteiger partial charge in [-0.05, 0) is 31.2 Å². The molecular formula is C17H13FN2O3. The maximum absolute atomic E-state index is 13.5. The Kier molecular flexibility index (Phi) is 5.05. The minimum absolute atomic E-state index is 0.246. The fourth-order valence-electron chi connectivity index (χ4n) is 1.83. The van der Waals surface area contributed by atoms with Crippen LogP contribution in [-0.4, -0.2) is 18.0 Å². The minimum Gasteiger partial charge on any atom is -0.449 e. The van der Waals surface area contributed by atoms with E-state index in [1.54, 1.807) is 24.3 Å². The van der Waals surface area contributed by atoms with E-state index >= 15 is 0 Å². The van der Waals surface area contributed by atoms with Crippen LogP contribution in [0.3, 0.4) is 0 Å². The van der Waals surface area contributed by atoms with Gasteiger partial charge in [-0.1, -0.05) is 24.3 Å². The zero-order chi connectivity index (χ0) is 16.8. The number of hydrogen-bond donors (Lipinski definition) is 1. The number of nitriles is 1. The van der Waals surface area contributed by atoms with Crippen molar-refractivity contribution in [3.8, 4) is 6.07 Å². The highest BCUT2D eigenvalue weighted by Gasteiger charge is 2.21. The van der Waals surface area contributed by atoms with Gasteiger partial charge >= 0.3 is 5.97 Å². The average Bonchev–Trinajstić information content (AvgIpc) is 2.55. The van der Waals surface area contributed by atoms with Crippen LogP contribution >= 0.6 is 0 Å². The molecule has 1 N–H and O–H groups in total. The summed E-state index contributed by atoms with van der Waals surface area (Å²) in [7, 11) is 0. The monoisotopic (exact) mass is 312 g/mol. The van der Waals surface area contributed by atoms with Gasteiger partial charge in [0, 0.05) is 0 Å². The van der Waals surface area contributed by atoms with Crippen LogP contribution in [-0.2, 0) is 9.53 Å². The summed E-state index contributed by atoms with van der Waals surface area (Å²) in [5, 5.41) is 11.5. The van der Waals surface area contributed by atoms with Crippen molar-refractivity contribution in [2.24, 2.45) is 0 Å². The molecule has 1 atom stereocenters. The van der Waals surface area contributed by atoms with Crippen molar-refractivity contribution in [2.45, 2.75) is 13.0 Å². The lowest BCUT2D eigenvalue weighted by atomic mass is 10.2. The molecule has 23 heavy (non-hydrogen) atoms. The van der Waals surface area contributed by atoms with Gasteiger partial charge in [-0.2, -0.15) is 5.26 Å². The normalized spacial score (nSPS) is 11.2. The molecule has 2 aromatic carbocycles. The number of para-hydroxylation sites is 1. The van der Waals surface area contributed by atoms with E-state index in [1.165, 1.54) is 25.1 Å². The lowest BCUT2D eigenvalue weighted by Crippen LogP contribution is -2.30. The van der Waals surface area contributed by atoms with E-state index in [2.05, 4.69) is 5.32 Å². The van der Waals surface area contributed by atoms with Gasteiger partial charge in [0.05, 0.1) is 16.8 Å². The van der Waals surface area contributed by atoms with Crippen LogP contribution in [0.5, 0.6) is 0 Å². The Hall–Kier alpha value is -3.20. The third-order valence-electron chi connectivity index (χ3n) is 3.05. The Morgan fingerprint density at radius 1 is 1.17 bits per heavy atom. The first-order valence-electron chi connectivity index (χ1n) is 6.78.